The number of amides is 2. The maximum absolute atomic E-state index is 12.8. The van der Waals surface area contributed by atoms with E-state index in [0.29, 0.717) is 0 Å². The van der Waals surface area contributed by atoms with Crippen LogP contribution in [0.3, 0.4) is 0 Å². The SMILES string of the molecule is CCC(C)C1C(C(N)=O)CC(=O)N1NC1(C)CCCc2nc(C)nc(C)c21. The number of carbonyl (C=O) groups is 2. The van der Waals surface area contributed by atoms with Gasteiger partial charge in [-0.25, -0.2) is 15.4 Å². The lowest BCUT2D eigenvalue weighted by atomic mass is 9.79. The lowest BCUT2D eigenvalue weighted by Crippen LogP contribution is -2.58. The van der Waals surface area contributed by atoms with E-state index in [4.69, 9.17) is 5.73 Å². The fourth-order valence-electron chi connectivity index (χ4n) is 4.85. The number of primary amides is 1. The van der Waals surface area contributed by atoms with Crippen molar-refractivity contribution in [2.24, 2.45) is 17.6 Å². The molecule has 0 spiro atoms. The van der Waals surface area contributed by atoms with Gasteiger partial charge in [0.05, 0.1) is 17.5 Å². The Bertz CT molecular complexity index is 765. The number of nitrogens with one attached hydrogen (secondary N) is 1. The summed E-state index contributed by atoms with van der Waals surface area (Å²) in [4.78, 5) is 34.0. The van der Waals surface area contributed by atoms with Crippen molar-refractivity contribution in [2.45, 2.75) is 78.3 Å². The van der Waals surface area contributed by atoms with E-state index in [1.807, 2.05) is 13.8 Å². The van der Waals surface area contributed by atoms with Gasteiger partial charge in [0.25, 0.3) is 0 Å². The molecule has 0 aromatic carbocycles. The van der Waals surface area contributed by atoms with E-state index >= 15 is 0 Å². The monoisotopic (exact) mass is 373 g/mol. The van der Waals surface area contributed by atoms with Crippen LogP contribution in [0, 0.1) is 25.7 Å². The minimum absolute atomic E-state index is 0.0665. The molecule has 4 unspecified atom stereocenters. The predicted octanol–water partition coefficient (Wildman–Crippen LogP) is 1.90. The van der Waals surface area contributed by atoms with Gasteiger partial charge >= 0.3 is 0 Å². The van der Waals surface area contributed by atoms with Crippen molar-refractivity contribution in [3.63, 3.8) is 0 Å². The summed E-state index contributed by atoms with van der Waals surface area (Å²) in [5, 5.41) is 1.69. The Morgan fingerprint density at radius 2 is 2.11 bits per heavy atom. The molecule has 3 N–H and O–H groups in total. The van der Waals surface area contributed by atoms with Crippen molar-refractivity contribution in [3.8, 4) is 0 Å². The van der Waals surface area contributed by atoms with Crippen molar-refractivity contribution in [3.05, 3.63) is 22.8 Å². The number of hydrogen-bond acceptors (Lipinski definition) is 5. The molecule has 27 heavy (non-hydrogen) atoms. The first-order valence-corrected chi connectivity index (χ1v) is 9.91. The number of aromatic nitrogens is 2. The van der Waals surface area contributed by atoms with E-state index in [2.05, 4.69) is 36.2 Å². The lowest BCUT2D eigenvalue weighted by Gasteiger charge is -2.43. The molecule has 2 heterocycles. The van der Waals surface area contributed by atoms with Crippen LogP contribution in [0.2, 0.25) is 0 Å². The number of rotatable bonds is 5. The van der Waals surface area contributed by atoms with Gasteiger partial charge in [-0.2, -0.15) is 0 Å². The topological polar surface area (TPSA) is 101 Å². The average Bonchev–Trinajstić information content (AvgIpc) is 2.90. The zero-order valence-corrected chi connectivity index (χ0v) is 17.0. The Morgan fingerprint density at radius 1 is 1.41 bits per heavy atom. The van der Waals surface area contributed by atoms with Gasteiger partial charge in [0.15, 0.2) is 0 Å². The van der Waals surface area contributed by atoms with E-state index in [1.54, 1.807) is 5.01 Å². The normalized spacial score (nSPS) is 28.9. The maximum atomic E-state index is 12.8. The third-order valence-corrected chi connectivity index (χ3v) is 6.25. The summed E-state index contributed by atoms with van der Waals surface area (Å²) < 4.78 is 0. The molecule has 1 aliphatic heterocycles. The van der Waals surface area contributed by atoms with E-state index in [0.717, 1.165) is 48.5 Å². The maximum Gasteiger partial charge on any atom is 0.237 e. The number of carbonyl (C=O) groups excluding carboxylic acids is 2. The van der Waals surface area contributed by atoms with E-state index in [-0.39, 0.29) is 24.3 Å². The Kier molecular flexibility index (Phi) is 5.25. The molecule has 2 aliphatic rings. The zero-order chi connectivity index (χ0) is 19.9. The third-order valence-electron chi connectivity index (χ3n) is 6.25. The summed E-state index contributed by atoms with van der Waals surface area (Å²) in [7, 11) is 0. The Balaban J connectivity index is 1.99. The van der Waals surface area contributed by atoms with E-state index < -0.39 is 17.4 Å². The Hall–Kier alpha value is -2.02. The fourth-order valence-corrected chi connectivity index (χ4v) is 4.85. The van der Waals surface area contributed by atoms with Crippen molar-refractivity contribution in [2.75, 3.05) is 0 Å². The van der Waals surface area contributed by atoms with Gasteiger partial charge in [0.1, 0.15) is 5.82 Å². The molecule has 4 atom stereocenters. The summed E-state index contributed by atoms with van der Waals surface area (Å²) >= 11 is 0. The molecular weight excluding hydrogens is 342 g/mol. The predicted molar refractivity (Wildman–Crippen MR) is 102 cm³/mol. The number of fused-ring (bicyclic) bond motifs is 1. The first-order chi connectivity index (χ1) is 12.7. The van der Waals surface area contributed by atoms with Crippen LogP contribution in [0.1, 0.15) is 69.2 Å². The first-order valence-electron chi connectivity index (χ1n) is 9.91. The summed E-state index contributed by atoms with van der Waals surface area (Å²) in [6.45, 7) is 10.2. The molecule has 0 radical (unpaired) electrons. The highest BCUT2D eigenvalue weighted by Crippen LogP contribution is 2.39. The smallest absolute Gasteiger partial charge is 0.237 e. The number of nitrogens with two attached hydrogens (primary N) is 1. The lowest BCUT2D eigenvalue weighted by molar-refractivity contribution is -0.135. The van der Waals surface area contributed by atoms with E-state index in [9.17, 15) is 9.59 Å². The molecule has 7 nitrogen and oxygen atoms in total. The van der Waals surface area contributed by atoms with Crippen molar-refractivity contribution < 1.29 is 9.59 Å². The molecule has 1 fully saturated rings. The van der Waals surface area contributed by atoms with Crippen LogP contribution in [0.4, 0.5) is 0 Å². The molecule has 7 heteroatoms. The molecule has 0 saturated carbocycles. The van der Waals surface area contributed by atoms with Gasteiger partial charge in [-0.1, -0.05) is 20.3 Å². The Morgan fingerprint density at radius 3 is 2.74 bits per heavy atom. The number of hydrogen-bond donors (Lipinski definition) is 2. The minimum atomic E-state index is -0.457. The molecule has 2 amide bonds. The van der Waals surface area contributed by atoms with Crippen LogP contribution < -0.4 is 11.2 Å². The molecule has 1 aliphatic carbocycles. The zero-order valence-electron chi connectivity index (χ0n) is 17.0. The molecule has 1 aromatic rings. The quantitative estimate of drug-likeness (QED) is 0.821. The average molecular weight is 374 g/mol. The third kappa shape index (κ3) is 3.45. The molecule has 148 valence electrons. The summed E-state index contributed by atoms with van der Waals surface area (Å²) in [5.41, 5.74) is 11.8. The molecule has 1 saturated heterocycles. The van der Waals surface area contributed by atoms with Crippen LogP contribution in [0.5, 0.6) is 0 Å². The summed E-state index contributed by atoms with van der Waals surface area (Å²) in [6.07, 6.45) is 3.83. The fraction of sp³-hybridized carbons (Fsp3) is 0.700. The first kappa shape index (κ1) is 19.7. The number of aryl methyl sites for hydroxylation is 3. The van der Waals surface area contributed by atoms with Crippen LogP contribution >= 0.6 is 0 Å². The second-order valence-corrected chi connectivity index (χ2v) is 8.33. The Labute approximate surface area is 161 Å². The highest BCUT2D eigenvalue weighted by atomic mass is 16.2. The van der Waals surface area contributed by atoms with Crippen molar-refractivity contribution >= 4 is 11.8 Å². The van der Waals surface area contributed by atoms with Gasteiger partial charge in [-0.05, 0) is 46.0 Å². The van der Waals surface area contributed by atoms with Gasteiger partial charge < -0.3 is 5.73 Å². The second kappa shape index (κ2) is 7.19. The van der Waals surface area contributed by atoms with Crippen LogP contribution in [0.25, 0.3) is 0 Å². The van der Waals surface area contributed by atoms with Crippen LogP contribution in [-0.4, -0.2) is 32.8 Å². The van der Waals surface area contributed by atoms with Gasteiger partial charge in [-0.15, -0.1) is 0 Å². The van der Waals surface area contributed by atoms with Gasteiger partial charge in [0, 0.05) is 23.4 Å². The summed E-state index contributed by atoms with van der Waals surface area (Å²) in [6, 6.07) is -0.228. The van der Waals surface area contributed by atoms with Crippen molar-refractivity contribution in [1.82, 2.24) is 20.4 Å². The largest absolute Gasteiger partial charge is 0.369 e. The highest BCUT2D eigenvalue weighted by molar-refractivity contribution is 5.89. The number of nitrogens with zero attached hydrogens (tertiary/aromatic N) is 3. The molecular formula is C20H31N5O2. The molecule has 1 aromatic heterocycles. The minimum Gasteiger partial charge on any atom is -0.369 e. The standard InChI is InChI=1S/C20H31N5O2/c1-6-11(2)18-14(19(21)27)10-16(26)25(18)24-20(5)9-7-8-15-17(20)12(3)22-13(4)23-15/h11,14,18,24H,6-10H2,1-5H3,(H2,21,27). The van der Waals surface area contributed by atoms with Crippen LogP contribution in [-0.2, 0) is 21.5 Å². The number of hydrazine groups is 1. The summed E-state index contributed by atoms with van der Waals surface area (Å²) in [5.74, 6) is 0.0230. The molecule has 0 bridgehead atoms. The van der Waals surface area contributed by atoms with Crippen molar-refractivity contribution in [1.29, 1.82) is 0 Å². The second-order valence-electron chi connectivity index (χ2n) is 8.33. The highest BCUT2D eigenvalue weighted by Gasteiger charge is 2.48. The van der Waals surface area contributed by atoms with E-state index in [1.165, 1.54) is 0 Å². The van der Waals surface area contributed by atoms with Gasteiger partial charge in [0.2, 0.25) is 11.8 Å². The van der Waals surface area contributed by atoms with Gasteiger partial charge in [-0.3, -0.25) is 14.6 Å². The molecule has 3 rings (SSSR count). The van der Waals surface area contributed by atoms with Crippen LogP contribution in [0.15, 0.2) is 0 Å².